The minimum absolute atomic E-state index is 0.255. The molecule has 2 atom stereocenters. The Balaban J connectivity index is 2.50. The molecule has 0 spiro atoms. The van der Waals surface area contributed by atoms with E-state index in [4.69, 9.17) is 0 Å². The van der Waals surface area contributed by atoms with Crippen molar-refractivity contribution in [3.05, 3.63) is 0 Å². The molecule has 1 rings (SSSR count). The summed E-state index contributed by atoms with van der Waals surface area (Å²) >= 11 is 0. The molecule has 0 aromatic heterocycles. The molecule has 0 aliphatic heterocycles. The lowest BCUT2D eigenvalue weighted by Crippen LogP contribution is -2.30. The molecule has 0 saturated heterocycles. The Hall–Kier alpha value is -0.570. The van der Waals surface area contributed by atoms with Gasteiger partial charge < -0.3 is 9.84 Å². The number of aliphatic hydroxyl groups is 1. The minimum atomic E-state index is -0.493. The van der Waals surface area contributed by atoms with Gasteiger partial charge in [0.25, 0.3) is 0 Å². The Morgan fingerprint density at radius 1 is 1.23 bits per heavy atom. The van der Waals surface area contributed by atoms with Crippen molar-refractivity contribution in [1.82, 2.24) is 0 Å². The lowest BCUT2D eigenvalue weighted by atomic mass is 9.89. The van der Waals surface area contributed by atoms with Crippen LogP contribution < -0.4 is 0 Å². The lowest BCUT2D eigenvalue weighted by Gasteiger charge is -2.22. The van der Waals surface area contributed by atoms with Crippen molar-refractivity contribution >= 4 is 5.97 Å². The van der Waals surface area contributed by atoms with E-state index in [2.05, 4.69) is 4.74 Å². The van der Waals surface area contributed by atoms with Crippen LogP contribution in [0.15, 0.2) is 0 Å². The molecule has 1 N–H and O–H groups in total. The maximum Gasteiger partial charge on any atom is 0.311 e. The van der Waals surface area contributed by atoms with Gasteiger partial charge in [0.2, 0.25) is 0 Å². The quantitative estimate of drug-likeness (QED) is 0.631. The molecule has 76 valence electrons. The Kier molecular flexibility index (Phi) is 4.22. The van der Waals surface area contributed by atoms with Gasteiger partial charge in [-0.3, -0.25) is 4.79 Å². The summed E-state index contributed by atoms with van der Waals surface area (Å²) in [5.74, 6) is -0.542. The molecule has 1 aliphatic carbocycles. The summed E-state index contributed by atoms with van der Waals surface area (Å²) < 4.78 is 4.66. The van der Waals surface area contributed by atoms with Crippen LogP contribution in [0.5, 0.6) is 0 Å². The monoisotopic (exact) mass is 186 g/mol. The molecule has 0 aromatic rings. The lowest BCUT2D eigenvalue weighted by molar-refractivity contribution is -0.150. The topological polar surface area (TPSA) is 46.5 Å². The molecule has 0 amide bonds. The zero-order valence-electron chi connectivity index (χ0n) is 8.16. The van der Waals surface area contributed by atoms with Crippen LogP contribution in [0.1, 0.15) is 38.5 Å². The van der Waals surface area contributed by atoms with E-state index in [1.54, 1.807) is 0 Å². The molecule has 3 nitrogen and oxygen atoms in total. The third-order valence-corrected chi connectivity index (χ3v) is 2.73. The molecule has 1 aliphatic rings. The zero-order chi connectivity index (χ0) is 9.68. The summed E-state index contributed by atoms with van der Waals surface area (Å²) in [5, 5.41) is 9.67. The number of aliphatic hydroxyl groups excluding tert-OH is 1. The average molecular weight is 186 g/mol. The van der Waals surface area contributed by atoms with E-state index in [0.717, 1.165) is 25.7 Å². The Bertz CT molecular complexity index is 168. The molecule has 13 heavy (non-hydrogen) atoms. The number of carbonyl (C=O) groups is 1. The van der Waals surface area contributed by atoms with Crippen LogP contribution in [0.3, 0.4) is 0 Å². The standard InChI is InChI=1S/C10H18O3/c1-13-10(12)8-6-4-2-3-5-7-9(8)11/h8-9,11H,2-7H2,1H3/t8-,9+/m1/s1. The van der Waals surface area contributed by atoms with E-state index in [1.165, 1.54) is 20.0 Å². The number of ether oxygens (including phenoxy) is 1. The molecular weight excluding hydrogens is 168 g/mol. The highest BCUT2D eigenvalue weighted by Gasteiger charge is 2.27. The predicted octanol–water partition coefficient (Wildman–Crippen LogP) is 1.49. The van der Waals surface area contributed by atoms with Crippen LogP contribution in [-0.4, -0.2) is 24.3 Å². The number of hydrogen-bond acceptors (Lipinski definition) is 3. The first-order valence-electron chi connectivity index (χ1n) is 5.01. The number of rotatable bonds is 1. The van der Waals surface area contributed by atoms with Crippen molar-refractivity contribution in [3.8, 4) is 0 Å². The predicted molar refractivity (Wildman–Crippen MR) is 49.2 cm³/mol. The van der Waals surface area contributed by atoms with Crippen molar-refractivity contribution < 1.29 is 14.6 Å². The highest BCUT2D eigenvalue weighted by atomic mass is 16.5. The van der Waals surface area contributed by atoms with Gasteiger partial charge >= 0.3 is 5.97 Å². The summed E-state index contributed by atoms with van der Waals surface area (Å²) in [6.45, 7) is 0. The van der Waals surface area contributed by atoms with Crippen molar-refractivity contribution in [2.75, 3.05) is 7.11 Å². The number of carbonyl (C=O) groups excluding carboxylic acids is 1. The van der Waals surface area contributed by atoms with E-state index >= 15 is 0 Å². The van der Waals surface area contributed by atoms with Crippen LogP contribution in [-0.2, 0) is 9.53 Å². The van der Waals surface area contributed by atoms with Crippen LogP contribution >= 0.6 is 0 Å². The van der Waals surface area contributed by atoms with Gasteiger partial charge in [0.1, 0.15) is 0 Å². The fourth-order valence-electron chi connectivity index (χ4n) is 1.89. The Morgan fingerprint density at radius 2 is 1.85 bits per heavy atom. The van der Waals surface area contributed by atoms with E-state index < -0.39 is 6.10 Å². The smallest absolute Gasteiger partial charge is 0.311 e. The molecule has 0 bridgehead atoms. The molecule has 0 heterocycles. The summed E-state index contributed by atoms with van der Waals surface area (Å²) in [6.07, 6.45) is 5.40. The third kappa shape index (κ3) is 2.99. The van der Waals surface area contributed by atoms with Crippen molar-refractivity contribution in [2.45, 2.75) is 44.6 Å². The van der Waals surface area contributed by atoms with E-state index in [1.807, 2.05) is 0 Å². The van der Waals surface area contributed by atoms with Gasteiger partial charge in [-0.1, -0.05) is 25.7 Å². The van der Waals surface area contributed by atoms with Gasteiger partial charge in [0.15, 0.2) is 0 Å². The first kappa shape index (κ1) is 10.5. The minimum Gasteiger partial charge on any atom is -0.469 e. The molecule has 3 heteroatoms. The second kappa shape index (κ2) is 5.22. The first-order chi connectivity index (χ1) is 6.25. The SMILES string of the molecule is COC(=O)[C@@H]1CCCCCC[C@@H]1O. The summed E-state index contributed by atoms with van der Waals surface area (Å²) in [4.78, 5) is 11.3. The fraction of sp³-hybridized carbons (Fsp3) is 0.900. The third-order valence-electron chi connectivity index (χ3n) is 2.73. The first-order valence-corrected chi connectivity index (χ1v) is 5.01. The maximum absolute atomic E-state index is 11.3. The highest BCUT2D eigenvalue weighted by molar-refractivity contribution is 5.72. The Morgan fingerprint density at radius 3 is 2.46 bits per heavy atom. The van der Waals surface area contributed by atoms with Gasteiger partial charge in [0.05, 0.1) is 19.1 Å². The van der Waals surface area contributed by atoms with Gasteiger partial charge in [-0.15, -0.1) is 0 Å². The molecular formula is C10H18O3. The molecule has 0 radical (unpaired) electrons. The van der Waals surface area contributed by atoms with E-state index in [9.17, 15) is 9.90 Å². The highest BCUT2D eigenvalue weighted by Crippen LogP contribution is 2.23. The van der Waals surface area contributed by atoms with E-state index in [-0.39, 0.29) is 11.9 Å². The second-order valence-electron chi connectivity index (χ2n) is 3.69. The van der Waals surface area contributed by atoms with Gasteiger partial charge in [-0.05, 0) is 12.8 Å². The summed E-state index contributed by atoms with van der Waals surface area (Å²) in [6, 6.07) is 0. The molecule has 1 saturated carbocycles. The normalized spacial score (nSPS) is 30.3. The maximum atomic E-state index is 11.3. The van der Waals surface area contributed by atoms with Crippen LogP contribution in [0.2, 0.25) is 0 Å². The second-order valence-corrected chi connectivity index (χ2v) is 3.69. The average Bonchev–Trinajstić information content (AvgIpc) is 2.11. The number of methoxy groups -OCH3 is 1. The molecule has 1 fully saturated rings. The largest absolute Gasteiger partial charge is 0.469 e. The number of esters is 1. The van der Waals surface area contributed by atoms with Crippen LogP contribution in [0.4, 0.5) is 0 Å². The van der Waals surface area contributed by atoms with Crippen LogP contribution in [0, 0.1) is 5.92 Å². The fourth-order valence-corrected chi connectivity index (χ4v) is 1.89. The van der Waals surface area contributed by atoms with E-state index in [0.29, 0.717) is 0 Å². The van der Waals surface area contributed by atoms with Crippen LogP contribution in [0.25, 0.3) is 0 Å². The summed E-state index contributed by atoms with van der Waals surface area (Å²) in [7, 11) is 1.38. The number of hydrogen-bond donors (Lipinski definition) is 1. The molecule has 0 unspecified atom stereocenters. The van der Waals surface area contributed by atoms with Gasteiger partial charge in [-0.25, -0.2) is 0 Å². The van der Waals surface area contributed by atoms with Crippen molar-refractivity contribution in [3.63, 3.8) is 0 Å². The Labute approximate surface area is 79.1 Å². The van der Waals surface area contributed by atoms with Crippen molar-refractivity contribution in [2.24, 2.45) is 5.92 Å². The van der Waals surface area contributed by atoms with Gasteiger partial charge in [0, 0.05) is 0 Å². The van der Waals surface area contributed by atoms with Crippen molar-refractivity contribution in [1.29, 1.82) is 0 Å². The summed E-state index contributed by atoms with van der Waals surface area (Å²) in [5.41, 5.74) is 0. The molecule has 0 aromatic carbocycles. The van der Waals surface area contributed by atoms with Gasteiger partial charge in [-0.2, -0.15) is 0 Å². The zero-order valence-corrected chi connectivity index (χ0v) is 8.16.